The van der Waals surface area contributed by atoms with Crippen molar-refractivity contribution in [2.24, 2.45) is 0 Å². The van der Waals surface area contributed by atoms with Gasteiger partial charge in [0.1, 0.15) is 12.0 Å². The van der Waals surface area contributed by atoms with E-state index in [0.29, 0.717) is 16.6 Å². The van der Waals surface area contributed by atoms with E-state index < -0.39 is 0 Å². The molecule has 1 amide bonds. The number of para-hydroxylation sites is 1. The molecular weight excluding hydrogens is 387 g/mol. The highest BCUT2D eigenvalue weighted by atomic mass is 79.9. The number of fused-ring (bicyclic) bond motifs is 1. The molecule has 0 unspecified atom stereocenters. The number of amides is 1. The van der Waals surface area contributed by atoms with Gasteiger partial charge in [0.05, 0.1) is 16.1 Å². The molecule has 0 bridgehead atoms. The number of carbonyl (C=O) groups excluding carboxylic acids is 1. The summed E-state index contributed by atoms with van der Waals surface area (Å²) in [5.74, 6) is -0.354. The average Bonchev–Trinajstić information content (AvgIpc) is 3.13. The lowest BCUT2D eigenvalue weighted by Crippen LogP contribution is -2.46. The molecule has 2 heterocycles. The fourth-order valence-corrected chi connectivity index (χ4v) is 3.83. The molecule has 4 nitrogen and oxygen atoms in total. The number of benzene rings is 2. The van der Waals surface area contributed by atoms with E-state index in [1.807, 2.05) is 24.3 Å². The maximum atomic E-state index is 13.6. The molecule has 0 aromatic heterocycles. The summed E-state index contributed by atoms with van der Waals surface area (Å²) in [4.78, 5) is 14.9. The monoisotopic (exact) mass is 404 g/mol. The third-order valence-corrected chi connectivity index (χ3v) is 5.31. The third-order valence-electron chi connectivity index (χ3n) is 4.71. The Morgan fingerprint density at radius 3 is 2.88 bits per heavy atom. The topological polar surface area (TPSA) is 41.6 Å². The summed E-state index contributed by atoms with van der Waals surface area (Å²) in [6.07, 6.45) is 1.65. The fourth-order valence-electron chi connectivity index (χ4n) is 3.43. The third kappa shape index (κ3) is 3.16. The Balaban J connectivity index is 1.72. The maximum Gasteiger partial charge on any atom is 0.257 e. The van der Waals surface area contributed by atoms with Crippen LogP contribution in [0.4, 0.5) is 10.1 Å². The molecule has 2 aromatic rings. The number of rotatable bonds is 3. The van der Waals surface area contributed by atoms with Crippen LogP contribution in [0.1, 0.15) is 34.9 Å². The number of nitrogens with one attached hydrogen (secondary N) is 1. The Morgan fingerprint density at radius 2 is 2.12 bits per heavy atom. The molecule has 25 heavy (non-hydrogen) atoms. The molecule has 130 valence electrons. The van der Waals surface area contributed by atoms with Crippen molar-refractivity contribution in [2.45, 2.75) is 25.1 Å². The molecule has 0 aliphatic carbocycles. The first-order valence-electron chi connectivity index (χ1n) is 8.36. The zero-order valence-electron chi connectivity index (χ0n) is 13.5. The SMILES string of the molecule is O=C1c2ccccc2N[C@H](c2ccc(F)c(Br)c2)N1C[C@H]1CCCO1. The van der Waals surface area contributed by atoms with Crippen LogP contribution in [0.3, 0.4) is 0 Å². The van der Waals surface area contributed by atoms with Crippen LogP contribution >= 0.6 is 15.9 Å². The summed E-state index contributed by atoms with van der Waals surface area (Å²) in [5.41, 5.74) is 2.27. The second-order valence-electron chi connectivity index (χ2n) is 6.36. The summed E-state index contributed by atoms with van der Waals surface area (Å²) in [6.45, 7) is 1.25. The van der Waals surface area contributed by atoms with E-state index in [0.717, 1.165) is 30.7 Å². The first-order valence-corrected chi connectivity index (χ1v) is 9.16. The number of halogens is 2. The predicted molar refractivity (Wildman–Crippen MR) is 96.9 cm³/mol. The van der Waals surface area contributed by atoms with Gasteiger partial charge in [0.15, 0.2) is 0 Å². The van der Waals surface area contributed by atoms with Gasteiger partial charge in [0.2, 0.25) is 0 Å². The number of hydrogen-bond donors (Lipinski definition) is 1. The standard InChI is InChI=1S/C19H18BrFN2O2/c20-15-10-12(7-8-16(15)21)18-22-17-6-2-1-5-14(17)19(24)23(18)11-13-4-3-9-25-13/h1-2,5-8,10,13,18,22H,3-4,9,11H2/t13-,18+/m1/s1. The Hall–Kier alpha value is -1.92. The van der Waals surface area contributed by atoms with Crippen molar-refractivity contribution < 1.29 is 13.9 Å². The lowest BCUT2D eigenvalue weighted by molar-refractivity contribution is 0.0427. The van der Waals surface area contributed by atoms with Gasteiger partial charge in [0.25, 0.3) is 5.91 Å². The Kier molecular flexibility index (Phi) is 4.48. The second-order valence-corrected chi connectivity index (χ2v) is 7.21. The van der Waals surface area contributed by atoms with Crippen molar-refractivity contribution in [3.63, 3.8) is 0 Å². The van der Waals surface area contributed by atoms with Crippen LogP contribution in [0, 0.1) is 5.82 Å². The average molecular weight is 405 g/mol. The summed E-state index contributed by atoms with van der Waals surface area (Å²) in [5, 5.41) is 3.42. The van der Waals surface area contributed by atoms with Gasteiger partial charge in [-0.1, -0.05) is 18.2 Å². The molecular formula is C19H18BrFN2O2. The van der Waals surface area contributed by atoms with Gasteiger partial charge in [0, 0.05) is 18.8 Å². The molecule has 2 aliphatic rings. The number of carbonyl (C=O) groups is 1. The molecule has 0 spiro atoms. The number of hydrogen-bond acceptors (Lipinski definition) is 3. The van der Waals surface area contributed by atoms with E-state index in [2.05, 4.69) is 21.2 Å². The van der Waals surface area contributed by atoms with E-state index in [1.54, 1.807) is 17.0 Å². The maximum absolute atomic E-state index is 13.6. The quantitative estimate of drug-likeness (QED) is 0.827. The number of anilines is 1. The summed E-state index contributed by atoms with van der Waals surface area (Å²) in [6, 6.07) is 12.3. The van der Waals surface area contributed by atoms with Gasteiger partial charge in [-0.15, -0.1) is 0 Å². The normalized spacial score (nSPS) is 22.6. The summed E-state index contributed by atoms with van der Waals surface area (Å²) in [7, 11) is 0. The van der Waals surface area contributed by atoms with Crippen LogP contribution in [-0.2, 0) is 4.74 Å². The van der Waals surface area contributed by atoms with E-state index in [1.165, 1.54) is 6.07 Å². The molecule has 0 saturated carbocycles. The van der Waals surface area contributed by atoms with Crippen LogP contribution < -0.4 is 5.32 Å². The van der Waals surface area contributed by atoms with Crippen molar-refractivity contribution in [2.75, 3.05) is 18.5 Å². The van der Waals surface area contributed by atoms with Crippen molar-refractivity contribution in [3.8, 4) is 0 Å². The minimum Gasteiger partial charge on any atom is -0.376 e. The zero-order chi connectivity index (χ0) is 17.4. The first kappa shape index (κ1) is 16.5. The van der Waals surface area contributed by atoms with Crippen LogP contribution in [0.5, 0.6) is 0 Å². The lowest BCUT2D eigenvalue weighted by atomic mass is 10.0. The van der Waals surface area contributed by atoms with Gasteiger partial charge in [-0.05, 0) is 58.6 Å². The van der Waals surface area contributed by atoms with E-state index in [-0.39, 0.29) is 24.0 Å². The van der Waals surface area contributed by atoms with Crippen molar-refractivity contribution in [3.05, 3.63) is 63.9 Å². The Bertz CT molecular complexity index is 808. The van der Waals surface area contributed by atoms with E-state index in [9.17, 15) is 9.18 Å². The molecule has 6 heteroatoms. The molecule has 2 aromatic carbocycles. The first-order chi connectivity index (χ1) is 12.1. The second kappa shape index (κ2) is 6.77. The highest BCUT2D eigenvalue weighted by molar-refractivity contribution is 9.10. The molecule has 1 saturated heterocycles. The number of nitrogens with zero attached hydrogens (tertiary/aromatic N) is 1. The van der Waals surface area contributed by atoms with Gasteiger partial charge in [-0.25, -0.2) is 4.39 Å². The van der Waals surface area contributed by atoms with Crippen LogP contribution in [-0.4, -0.2) is 30.1 Å². The minimum atomic E-state index is -0.358. The van der Waals surface area contributed by atoms with Crippen LogP contribution in [0.2, 0.25) is 0 Å². The predicted octanol–water partition coefficient (Wildman–Crippen LogP) is 4.33. The van der Waals surface area contributed by atoms with Crippen LogP contribution in [0.15, 0.2) is 46.9 Å². The van der Waals surface area contributed by atoms with Gasteiger partial charge >= 0.3 is 0 Å². The molecule has 2 aliphatic heterocycles. The van der Waals surface area contributed by atoms with Crippen molar-refractivity contribution in [1.82, 2.24) is 4.90 Å². The Morgan fingerprint density at radius 1 is 1.28 bits per heavy atom. The lowest BCUT2D eigenvalue weighted by Gasteiger charge is -2.39. The van der Waals surface area contributed by atoms with Crippen LogP contribution in [0.25, 0.3) is 0 Å². The minimum absolute atomic E-state index is 0.0321. The number of ether oxygens (including phenoxy) is 1. The smallest absolute Gasteiger partial charge is 0.257 e. The highest BCUT2D eigenvalue weighted by Crippen LogP contribution is 2.35. The van der Waals surface area contributed by atoms with Gasteiger partial charge < -0.3 is 15.0 Å². The molecule has 2 atom stereocenters. The van der Waals surface area contributed by atoms with Gasteiger partial charge in [-0.3, -0.25) is 4.79 Å². The zero-order valence-corrected chi connectivity index (χ0v) is 15.1. The summed E-state index contributed by atoms with van der Waals surface area (Å²) >= 11 is 3.24. The highest BCUT2D eigenvalue weighted by Gasteiger charge is 2.35. The molecule has 1 N–H and O–H groups in total. The molecule has 0 radical (unpaired) electrons. The largest absolute Gasteiger partial charge is 0.376 e. The van der Waals surface area contributed by atoms with E-state index in [4.69, 9.17) is 4.74 Å². The van der Waals surface area contributed by atoms with Crippen molar-refractivity contribution in [1.29, 1.82) is 0 Å². The van der Waals surface area contributed by atoms with Gasteiger partial charge in [-0.2, -0.15) is 0 Å². The molecule has 1 fully saturated rings. The Labute approximate surface area is 154 Å². The van der Waals surface area contributed by atoms with Crippen molar-refractivity contribution >= 4 is 27.5 Å². The van der Waals surface area contributed by atoms with E-state index >= 15 is 0 Å². The molecule has 4 rings (SSSR count). The fraction of sp³-hybridized carbons (Fsp3) is 0.316. The summed E-state index contributed by atoms with van der Waals surface area (Å²) < 4.78 is 19.8.